The SMILES string of the molecule is Cc1cc(N)ccc1NC(=O)CCC1CCCCO1. The van der Waals surface area contributed by atoms with Gasteiger partial charge in [-0.1, -0.05) is 0 Å². The Morgan fingerprint density at radius 2 is 2.32 bits per heavy atom. The van der Waals surface area contributed by atoms with Gasteiger partial charge in [-0.2, -0.15) is 0 Å². The summed E-state index contributed by atoms with van der Waals surface area (Å²) in [6.45, 7) is 2.78. The third kappa shape index (κ3) is 4.24. The first-order valence-corrected chi connectivity index (χ1v) is 6.93. The predicted molar refractivity (Wildman–Crippen MR) is 77.0 cm³/mol. The van der Waals surface area contributed by atoms with Crippen LogP contribution in [0.1, 0.15) is 37.7 Å². The molecule has 4 nitrogen and oxygen atoms in total. The lowest BCUT2D eigenvalue weighted by Crippen LogP contribution is -2.22. The molecule has 2 rings (SSSR count). The van der Waals surface area contributed by atoms with Gasteiger partial charge in [-0.05, 0) is 56.4 Å². The van der Waals surface area contributed by atoms with E-state index in [1.165, 1.54) is 6.42 Å². The van der Waals surface area contributed by atoms with Crippen molar-refractivity contribution in [2.75, 3.05) is 17.7 Å². The highest BCUT2D eigenvalue weighted by Crippen LogP contribution is 2.20. The molecule has 1 aromatic rings. The van der Waals surface area contributed by atoms with Crippen LogP contribution in [-0.4, -0.2) is 18.6 Å². The van der Waals surface area contributed by atoms with Crippen molar-refractivity contribution in [2.24, 2.45) is 0 Å². The zero-order chi connectivity index (χ0) is 13.7. The van der Waals surface area contributed by atoms with Crippen LogP contribution in [0.3, 0.4) is 0 Å². The van der Waals surface area contributed by atoms with Crippen LogP contribution >= 0.6 is 0 Å². The van der Waals surface area contributed by atoms with E-state index >= 15 is 0 Å². The minimum Gasteiger partial charge on any atom is -0.399 e. The second-order valence-electron chi connectivity index (χ2n) is 5.15. The standard InChI is InChI=1S/C15H22N2O2/c1-11-10-12(16)5-7-14(11)17-15(18)8-6-13-4-2-3-9-19-13/h5,7,10,13H,2-4,6,8-9,16H2,1H3,(H,17,18). The molecule has 0 saturated carbocycles. The third-order valence-electron chi connectivity index (χ3n) is 3.49. The molecule has 4 heteroatoms. The van der Waals surface area contributed by atoms with Crippen molar-refractivity contribution in [3.8, 4) is 0 Å². The second-order valence-corrected chi connectivity index (χ2v) is 5.15. The maximum atomic E-state index is 11.9. The van der Waals surface area contributed by atoms with Crippen LogP contribution in [0.4, 0.5) is 11.4 Å². The number of rotatable bonds is 4. The number of aryl methyl sites for hydroxylation is 1. The quantitative estimate of drug-likeness (QED) is 0.820. The van der Waals surface area contributed by atoms with Crippen molar-refractivity contribution >= 4 is 17.3 Å². The Morgan fingerprint density at radius 3 is 3.00 bits per heavy atom. The van der Waals surface area contributed by atoms with Crippen molar-refractivity contribution < 1.29 is 9.53 Å². The molecule has 0 radical (unpaired) electrons. The highest BCUT2D eigenvalue weighted by Gasteiger charge is 2.15. The minimum absolute atomic E-state index is 0.0436. The summed E-state index contributed by atoms with van der Waals surface area (Å²) in [4.78, 5) is 11.9. The molecule has 1 amide bonds. The van der Waals surface area contributed by atoms with Crippen LogP contribution in [0.15, 0.2) is 18.2 Å². The fourth-order valence-electron chi connectivity index (χ4n) is 2.37. The molecule has 3 N–H and O–H groups in total. The van der Waals surface area contributed by atoms with Crippen LogP contribution in [0.25, 0.3) is 0 Å². The van der Waals surface area contributed by atoms with Gasteiger partial charge in [-0.3, -0.25) is 4.79 Å². The highest BCUT2D eigenvalue weighted by atomic mass is 16.5. The van der Waals surface area contributed by atoms with Crippen molar-refractivity contribution in [1.82, 2.24) is 0 Å². The van der Waals surface area contributed by atoms with E-state index in [0.717, 1.165) is 37.1 Å². The van der Waals surface area contributed by atoms with E-state index in [-0.39, 0.29) is 12.0 Å². The number of anilines is 2. The van der Waals surface area contributed by atoms with Gasteiger partial charge in [0.25, 0.3) is 0 Å². The Labute approximate surface area is 114 Å². The first-order chi connectivity index (χ1) is 9.15. The summed E-state index contributed by atoms with van der Waals surface area (Å²) in [7, 11) is 0. The van der Waals surface area contributed by atoms with Crippen LogP contribution in [0.5, 0.6) is 0 Å². The van der Waals surface area contributed by atoms with E-state index in [0.29, 0.717) is 12.1 Å². The van der Waals surface area contributed by atoms with E-state index in [9.17, 15) is 4.79 Å². The monoisotopic (exact) mass is 262 g/mol. The van der Waals surface area contributed by atoms with E-state index in [1.807, 2.05) is 19.1 Å². The van der Waals surface area contributed by atoms with Gasteiger partial charge in [0.2, 0.25) is 5.91 Å². The molecule has 1 atom stereocenters. The van der Waals surface area contributed by atoms with Gasteiger partial charge in [0.1, 0.15) is 0 Å². The Hall–Kier alpha value is -1.55. The first kappa shape index (κ1) is 13.9. The number of nitrogens with one attached hydrogen (secondary N) is 1. The molecule has 1 aromatic carbocycles. The third-order valence-corrected chi connectivity index (χ3v) is 3.49. The fourth-order valence-corrected chi connectivity index (χ4v) is 2.37. The number of amides is 1. The number of nitrogens with two attached hydrogens (primary N) is 1. The number of nitrogen functional groups attached to an aromatic ring is 1. The first-order valence-electron chi connectivity index (χ1n) is 6.93. The number of hydrogen-bond donors (Lipinski definition) is 2. The lowest BCUT2D eigenvalue weighted by atomic mass is 10.0. The van der Waals surface area contributed by atoms with Crippen LogP contribution in [0.2, 0.25) is 0 Å². The van der Waals surface area contributed by atoms with Gasteiger partial charge in [0, 0.05) is 24.4 Å². The summed E-state index contributed by atoms with van der Waals surface area (Å²) in [6.07, 6.45) is 5.01. The normalized spacial score (nSPS) is 19.1. The predicted octanol–water partition coefficient (Wildman–Crippen LogP) is 2.87. The second kappa shape index (κ2) is 6.57. The van der Waals surface area contributed by atoms with E-state index < -0.39 is 0 Å². The molecule has 1 fully saturated rings. The summed E-state index contributed by atoms with van der Waals surface area (Å²) in [6, 6.07) is 5.51. The Kier molecular flexibility index (Phi) is 4.80. The molecule has 1 unspecified atom stereocenters. The van der Waals surface area contributed by atoms with Crippen LogP contribution in [0, 0.1) is 6.92 Å². The molecule has 19 heavy (non-hydrogen) atoms. The van der Waals surface area contributed by atoms with Crippen molar-refractivity contribution in [2.45, 2.75) is 45.1 Å². The van der Waals surface area contributed by atoms with Crippen molar-refractivity contribution in [1.29, 1.82) is 0 Å². The average Bonchev–Trinajstić information content (AvgIpc) is 2.41. The van der Waals surface area contributed by atoms with Crippen molar-refractivity contribution in [3.63, 3.8) is 0 Å². The molecular formula is C15H22N2O2. The lowest BCUT2D eigenvalue weighted by Gasteiger charge is -2.22. The zero-order valence-corrected chi connectivity index (χ0v) is 11.4. The number of carbonyl (C=O) groups is 1. The van der Waals surface area contributed by atoms with Gasteiger partial charge in [-0.25, -0.2) is 0 Å². The Bertz CT molecular complexity index is 440. The van der Waals surface area contributed by atoms with E-state index in [4.69, 9.17) is 10.5 Å². The van der Waals surface area contributed by atoms with Crippen LogP contribution in [-0.2, 0) is 9.53 Å². The molecule has 1 heterocycles. The maximum absolute atomic E-state index is 11.9. The summed E-state index contributed by atoms with van der Waals surface area (Å²) in [5.41, 5.74) is 8.22. The largest absolute Gasteiger partial charge is 0.399 e. The summed E-state index contributed by atoms with van der Waals surface area (Å²) in [5, 5.41) is 2.93. The molecule has 0 aromatic heterocycles. The Balaban J connectivity index is 1.80. The number of ether oxygens (including phenoxy) is 1. The lowest BCUT2D eigenvalue weighted by molar-refractivity contribution is -0.117. The summed E-state index contributed by atoms with van der Waals surface area (Å²) >= 11 is 0. The van der Waals surface area contributed by atoms with Crippen molar-refractivity contribution in [3.05, 3.63) is 23.8 Å². The minimum atomic E-state index is 0.0436. The van der Waals surface area contributed by atoms with Gasteiger partial charge in [0.15, 0.2) is 0 Å². The van der Waals surface area contributed by atoms with Gasteiger partial charge >= 0.3 is 0 Å². The molecular weight excluding hydrogens is 240 g/mol. The summed E-state index contributed by atoms with van der Waals surface area (Å²) < 4.78 is 5.62. The zero-order valence-electron chi connectivity index (χ0n) is 11.4. The topological polar surface area (TPSA) is 64.3 Å². The van der Waals surface area contributed by atoms with Crippen LogP contribution < -0.4 is 11.1 Å². The molecule has 1 aliphatic heterocycles. The average molecular weight is 262 g/mol. The summed E-state index contributed by atoms with van der Waals surface area (Å²) in [5.74, 6) is 0.0436. The number of benzene rings is 1. The van der Waals surface area contributed by atoms with Gasteiger partial charge < -0.3 is 15.8 Å². The van der Waals surface area contributed by atoms with Gasteiger partial charge in [0.05, 0.1) is 6.10 Å². The highest BCUT2D eigenvalue weighted by molar-refractivity contribution is 5.91. The number of carbonyl (C=O) groups excluding carboxylic acids is 1. The van der Waals surface area contributed by atoms with E-state index in [1.54, 1.807) is 6.07 Å². The van der Waals surface area contributed by atoms with E-state index in [2.05, 4.69) is 5.32 Å². The fraction of sp³-hybridized carbons (Fsp3) is 0.533. The number of hydrogen-bond acceptors (Lipinski definition) is 3. The smallest absolute Gasteiger partial charge is 0.224 e. The maximum Gasteiger partial charge on any atom is 0.224 e. The molecule has 1 aliphatic rings. The molecule has 0 bridgehead atoms. The Morgan fingerprint density at radius 1 is 1.47 bits per heavy atom. The van der Waals surface area contributed by atoms with Gasteiger partial charge in [-0.15, -0.1) is 0 Å². The molecule has 1 saturated heterocycles. The molecule has 104 valence electrons. The molecule has 0 aliphatic carbocycles. The molecule has 0 spiro atoms.